The van der Waals surface area contributed by atoms with Crippen molar-refractivity contribution in [2.75, 3.05) is 13.1 Å². The Balaban J connectivity index is 1.29. The van der Waals surface area contributed by atoms with Crippen LogP contribution in [-0.4, -0.2) is 33.2 Å². The van der Waals surface area contributed by atoms with Gasteiger partial charge in [-0.25, -0.2) is 4.98 Å². The second-order valence-electron chi connectivity index (χ2n) is 6.70. The Labute approximate surface area is 173 Å². The lowest BCUT2D eigenvalue weighted by Gasteiger charge is -2.30. The van der Waals surface area contributed by atoms with Crippen molar-refractivity contribution in [3.8, 4) is 10.8 Å². The van der Waals surface area contributed by atoms with E-state index in [1.807, 2.05) is 23.5 Å². The maximum absolute atomic E-state index is 5.89. The summed E-state index contributed by atoms with van der Waals surface area (Å²) in [5.74, 6) is 1.76. The zero-order chi connectivity index (χ0) is 18.2. The highest BCUT2D eigenvalue weighted by atomic mass is 79.9. The highest BCUT2D eigenvalue weighted by Gasteiger charge is 2.25. The first kappa shape index (κ1) is 17.5. The molecule has 138 valence electrons. The number of hydrogen-bond acceptors (Lipinski definition) is 7. The first-order valence-corrected chi connectivity index (χ1v) is 11.3. The number of hydrogen-bond donors (Lipinski definition) is 0. The summed E-state index contributed by atoms with van der Waals surface area (Å²) < 4.78 is 8.22. The van der Waals surface area contributed by atoms with E-state index in [0.29, 0.717) is 24.2 Å². The SMILES string of the molecule is Brc1ccc(-c2nnc(CN3CCC[C@@H](c4nc5ccccc5s4)C3)o2)s1. The van der Waals surface area contributed by atoms with Gasteiger partial charge in [-0.2, -0.15) is 0 Å². The Hall–Kier alpha value is -1.61. The molecular weight excluding hydrogens is 444 g/mol. The first-order chi connectivity index (χ1) is 13.2. The lowest BCUT2D eigenvalue weighted by molar-refractivity contribution is 0.184. The quantitative estimate of drug-likeness (QED) is 0.399. The molecule has 5 rings (SSSR count). The molecule has 8 heteroatoms. The van der Waals surface area contributed by atoms with Crippen LogP contribution in [0.1, 0.15) is 29.7 Å². The summed E-state index contributed by atoms with van der Waals surface area (Å²) in [5.41, 5.74) is 1.11. The molecule has 0 bridgehead atoms. The van der Waals surface area contributed by atoms with Crippen molar-refractivity contribution in [1.82, 2.24) is 20.1 Å². The van der Waals surface area contributed by atoms with Gasteiger partial charge in [0.05, 0.1) is 30.4 Å². The number of para-hydroxylation sites is 1. The van der Waals surface area contributed by atoms with E-state index in [1.54, 1.807) is 11.3 Å². The van der Waals surface area contributed by atoms with Crippen LogP contribution in [-0.2, 0) is 6.54 Å². The zero-order valence-corrected chi connectivity index (χ0v) is 17.7. The van der Waals surface area contributed by atoms with Crippen LogP contribution in [0.5, 0.6) is 0 Å². The molecule has 1 atom stereocenters. The van der Waals surface area contributed by atoms with Crippen LogP contribution < -0.4 is 0 Å². The van der Waals surface area contributed by atoms with Crippen LogP contribution >= 0.6 is 38.6 Å². The number of aromatic nitrogens is 3. The van der Waals surface area contributed by atoms with Gasteiger partial charge in [-0.15, -0.1) is 32.9 Å². The molecule has 1 aliphatic rings. The molecule has 0 unspecified atom stereocenters. The predicted octanol–water partition coefficient (Wildman–Crippen LogP) is 5.55. The highest BCUT2D eigenvalue weighted by Crippen LogP contribution is 2.34. The summed E-state index contributed by atoms with van der Waals surface area (Å²) in [6.45, 7) is 2.74. The fourth-order valence-electron chi connectivity index (χ4n) is 3.50. The van der Waals surface area contributed by atoms with E-state index in [1.165, 1.54) is 22.5 Å². The van der Waals surface area contributed by atoms with Gasteiger partial charge < -0.3 is 4.42 Å². The van der Waals surface area contributed by atoms with Crippen LogP contribution in [0.2, 0.25) is 0 Å². The number of nitrogens with zero attached hydrogens (tertiary/aromatic N) is 4. The second-order valence-corrected chi connectivity index (χ2v) is 10.2. The molecule has 4 aromatic rings. The third-order valence-corrected chi connectivity index (χ3v) is 7.59. The van der Waals surface area contributed by atoms with Crippen molar-refractivity contribution < 1.29 is 4.42 Å². The molecule has 1 saturated heterocycles. The molecule has 0 aliphatic carbocycles. The Morgan fingerprint density at radius 3 is 2.93 bits per heavy atom. The van der Waals surface area contributed by atoms with Gasteiger partial charge in [0.1, 0.15) is 0 Å². The molecule has 3 aromatic heterocycles. The smallest absolute Gasteiger partial charge is 0.257 e. The number of likely N-dealkylation sites (tertiary alicyclic amines) is 1. The molecule has 4 heterocycles. The number of thiophene rings is 1. The molecule has 0 amide bonds. The summed E-state index contributed by atoms with van der Waals surface area (Å²) in [4.78, 5) is 8.26. The standard InChI is InChI=1S/C19H17BrN4OS2/c20-16-8-7-15(26-16)18-23-22-17(25-18)11-24-9-3-4-12(10-24)19-21-13-5-1-2-6-14(13)27-19/h1-2,5-8,12H,3-4,9-11H2/t12-/m1/s1. The molecule has 0 saturated carbocycles. The first-order valence-electron chi connectivity index (χ1n) is 8.90. The summed E-state index contributed by atoms with van der Waals surface area (Å²) in [5, 5.41) is 9.70. The van der Waals surface area contributed by atoms with E-state index in [4.69, 9.17) is 9.40 Å². The van der Waals surface area contributed by atoms with Crippen molar-refractivity contribution in [3.63, 3.8) is 0 Å². The monoisotopic (exact) mass is 460 g/mol. The van der Waals surface area contributed by atoms with Crippen LogP contribution in [0.3, 0.4) is 0 Å². The minimum absolute atomic E-state index is 0.479. The third kappa shape index (κ3) is 3.71. The van der Waals surface area contributed by atoms with Gasteiger partial charge in [0.25, 0.3) is 5.89 Å². The number of fused-ring (bicyclic) bond motifs is 1. The average molecular weight is 461 g/mol. The number of rotatable bonds is 4. The Kier molecular flexibility index (Phi) is 4.81. The van der Waals surface area contributed by atoms with Crippen molar-refractivity contribution >= 4 is 48.8 Å². The molecule has 1 fully saturated rings. The third-order valence-electron chi connectivity index (χ3n) is 4.77. The average Bonchev–Trinajstić information content (AvgIpc) is 3.41. The predicted molar refractivity (Wildman–Crippen MR) is 112 cm³/mol. The molecule has 0 N–H and O–H groups in total. The van der Waals surface area contributed by atoms with Crippen molar-refractivity contribution in [2.45, 2.75) is 25.3 Å². The fraction of sp³-hybridized carbons (Fsp3) is 0.316. The van der Waals surface area contributed by atoms with Gasteiger partial charge in [-0.05, 0) is 59.6 Å². The Morgan fingerprint density at radius 1 is 1.15 bits per heavy atom. The Bertz CT molecular complexity index is 1040. The molecule has 1 aromatic carbocycles. The maximum atomic E-state index is 5.89. The molecule has 0 spiro atoms. The molecular formula is C19H17BrN4OS2. The number of thiazole rings is 1. The van der Waals surface area contributed by atoms with Gasteiger partial charge in [0, 0.05) is 12.5 Å². The van der Waals surface area contributed by atoms with Gasteiger partial charge in [-0.3, -0.25) is 4.90 Å². The van der Waals surface area contributed by atoms with Crippen molar-refractivity contribution in [3.05, 3.63) is 51.1 Å². The number of piperidine rings is 1. The zero-order valence-electron chi connectivity index (χ0n) is 14.5. The normalized spacial score (nSPS) is 18.3. The summed E-state index contributed by atoms with van der Waals surface area (Å²) in [6, 6.07) is 12.4. The van der Waals surface area contributed by atoms with Gasteiger partial charge in [0.2, 0.25) is 5.89 Å². The highest BCUT2D eigenvalue weighted by molar-refractivity contribution is 9.11. The largest absolute Gasteiger partial charge is 0.419 e. The topological polar surface area (TPSA) is 55.1 Å². The van der Waals surface area contributed by atoms with Crippen LogP contribution in [0.15, 0.2) is 44.6 Å². The minimum Gasteiger partial charge on any atom is -0.419 e. The van der Waals surface area contributed by atoms with E-state index < -0.39 is 0 Å². The van der Waals surface area contributed by atoms with Gasteiger partial charge in [-0.1, -0.05) is 12.1 Å². The fourth-order valence-corrected chi connectivity index (χ4v) is 5.90. The van der Waals surface area contributed by atoms with E-state index in [9.17, 15) is 0 Å². The van der Waals surface area contributed by atoms with Crippen LogP contribution in [0, 0.1) is 0 Å². The van der Waals surface area contributed by atoms with Crippen LogP contribution in [0.25, 0.3) is 21.0 Å². The Morgan fingerprint density at radius 2 is 2.07 bits per heavy atom. The van der Waals surface area contributed by atoms with E-state index >= 15 is 0 Å². The van der Waals surface area contributed by atoms with E-state index in [-0.39, 0.29) is 0 Å². The summed E-state index contributed by atoms with van der Waals surface area (Å²) in [7, 11) is 0. The molecule has 27 heavy (non-hydrogen) atoms. The molecule has 1 aliphatic heterocycles. The maximum Gasteiger partial charge on any atom is 0.257 e. The van der Waals surface area contributed by atoms with E-state index in [2.05, 4.69) is 55.3 Å². The number of halogens is 1. The van der Waals surface area contributed by atoms with Gasteiger partial charge in [0.15, 0.2) is 0 Å². The summed E-state index contributed by atoms with van der Waals surface area (Å²) >= 11 is 6.90. The van der Waals surface area contributed by atoms with Crippen molar-refractivity contribution in [1.29, 1.82) is 0 Å². The lowest BCUT2D eigenvalue weighted by Crippen LogP contribution is -2.33. The lowest BCUT2D eigenvalue weighted by atomic mass is 9.99. The van der Waals surface area contributed by atoms with Crippen molar-refractivity contribution in [2.24, 2.45) is 0 Å². The number of benzene rings is 1. The molecule has 5 nitrogen and oxygen atoms in total. The summed E-state index contributed by atoms with van der Waals surface area (Å²) in [6.07, 6.45) is 2.36. The van der Waals surface area contributed by atoms with E-state index in [0.717, 1.165) is 27.3 Å². The van der Waals surface area contributed by atoms with Gasteiger partial charge >= 0.3 is 0 Å². The molecule has 0 radical (unpaired) electrons. The minimum atomic E-state index is 0.479. The second kappa shape index (κ2) is 7.43. The van der Waals surface area contributed by atoms with Crippen LogP contribution in [0.4, 0.5) is 0 Å².